The van der Waals surface area contributed by atoms with Gasteiger partial charge in [0, 0.05) is 27.3 Å². The van der Waals surface area contributed by atoms with Crippen LogP contribution in [-0.2, 0) is 5.41 Å². The first-order valence-corrected chi connectivity index (χ1v) is 9.50. The van der Waals surface area contributed by atoms with E-state index < -0.39 is 0 Å². The molecule has 0 saturated carbocycles. The second kappa shape index (κ2) is 7.17. The van der Waals surface area contributed by atoms with Crippen LogP contribution in [0.15, 0.2) is 65.8 Å². The van der Waals surface area contributed by atoms with Gasteiger partial charge in [-0.2, -0.15) is 0 Å². The second-order valence-electron chi connectivity index (χ2n) is 8.10. The van der Waals surface area contributed by atoms with Crippen molar-refractivity contribution in [2.24, 2.45) is 5.11 Å². The molecule has 0 atom stereocenters. The Kier molecular flexibility index (Phi) is 4.65. The van der Waals surface area contributed by atoms with Crippen LogP contribution < -0.4 is 4.74 Å². The Morgan fingerprint density at radius 1 is 0.833 bits per heavy atom. The lowest BCUT2D eigenvalue weighted by Gasteiger charge is -2.22. The van der Waals surface area contributed by atoms with E-state index in [0.717, 1.165) is 5.56 Å². The van der Waals surface area contributed by atoms with E-state index in [9.17, 15) is 9.59 Å². The molecule has 0 aromatic heterocycles. The topological polar surface area (TPSA) is 92.1 Å². The van der Waals surface area contributed by atoms with Gasteiger partial charge in [0.25, 0.3) is 0 Å². The summed E-state index contributed by atoms with van der Waals surface area (Å²) in [6.45, 7) is 6.36. The molecule has 4 rings (SSSR count). The summed E-state index contributed by atoms with van der Waals surface area (Å²) in [6, 6.07) is 17.3. The van der Waals surface area contributed by atoms with Crippen LogP contribution in [-0.4, -0.2) is 11.6 Å². The van der Waals surface area contributed by atoms with Gasteiger partial charge in [-0.1, -0.05) is 62.3 Å². The first-order chi connectivity index (χ1) is 14.3. The lowest BCUT2D eigenvalue weighted by Crippen LogP contribution is -2.21. The van der Waals surface area contributed by atoms with Gasteiger partial charge in [0.15, 0.2) is 11.6 Å². The molecule has 1 aliphatic rings. The Labute approximate surface area is 173 Å². The van der Waals surface area contributed by atoms with Crippen molar-refractivity contribution in [3.63, 3.8) is 0 Å². The standard InChI is InChI=1S/C24H19N3O3/c1-24(2,3)14-8-10-15(11-9-14)30-19-13-12-18(26-27-25)20-21(19)23(29)17-7-5-4-6-16(17)22(20)28/h4-13H,1-3H3. The van der Waals surface area contributed by atoms with Crippen molar-refractivity contribution >= 4 is 17.3 Å². The minimum absolute atomic E-state index is 0.000731. The number of hydrogen-bond acceptors (Lipinski definition) is 4. The van der Waals surface area contributed by atoms with E-state index in [-0.39, 0.29) is 45.1 Å². The summed E-state index contributed by atoms with van der Waals surface area (Å²) in [5, 5.41) is 3.62. The third-order valence-electron chi connectivity index (χ3n) is 5.12. The van der Waals surface area contributed by atoms with E-state index in [0.29, 0.717) is 11.3 Å². The van der Waals surface area contributed by atoms with E-state index in [1.807, 2.05) is 24.3 Å². The Bertz CT molecular complexity index is 1230. The van der Waals surface area contributed by atoms with Gasteiger partial charge in [0.05, 0.1) is 5.56 Å². The summed E-state index contributed by atoms with van der Waals surface area (Å²) >= 11 is 0. The van der Waals surface area contributed by atoms with Gasteiger partial charge in [0.1, 0.15) is 11.5 Å². The van der Waals surface area contributed by atoms with Crippen molar-refractivity contribution in [1.82, 2.24) is 0 Å². The second-order valence-corrected chi connectivity index (χ2v) is 8.10. The van der Waals surface area contributed by atoms with Gasteiger partial charge in [-0.3, -0.25) is 9.59 Å². The summed E-state index contributed by atoms with van der Waals surface area (Å²) in [4.78, 5) is 29.2. The molecule has 148 valence electrons. The zero-order valence-electron chi connectivity index (χ0n) is 16.8. The number of hydrogen-bond donors (Lipinski definition) is 0. The van der Waals surface area contributed by atoms with Crippen LogP contribution >= 0.6 is 0 Å². The molecule has 0 amide bonds. The summed E-state index contributed by atoms with van der Waals surface area (Å²) in [6.07, 6.45) is 0. The fraction of sp³-hybridized carbons (Fsp3) is 0.167. The molecule has 6 heteroatoms. The van der Waals surface area contributed by atoms with Crippen LogP contribution in [0.2, 0.25) is 0 Å². The first kappa shape index (κ1) is 19.4. The van der Waals surface area contributed by atoms with Crippen molar-refractivity contribution < 1.29 is 14.3 Å². The van der Waals surface area contributed by atoms with Crippen molar-refractivity contribution in [3.05, 3.63) is 98.9 Å². The Morgan fingerprint density at radius 2 is 1.43 bits per heavy atom. The summed E-state index contributed by atoms with van der Waals surface area (Å²) in [7, 11) is 0. The predicted octanol–water partition coefficient (Wildman–Crippen LogP) is 6.49. The molecule has 1 aliphatic carbocycles. The molecule has 0 aliphatic heterocycles. The maximum Gasteiger partial charge on any atom is 0.198 e. The van der Waals surface area contributed by atoms with E-state index in [1.54, 1.807) is 30.3 Å². The third-order valence-corrected chi connectivity index (χ3v) is 5.12. The van der Waals surface area contributed by atoms with E-state index in [2.05, 4.69) is 30.8 Å². The van der Waals surface area contributed by atoms with Gasteiger partial charge >= 0.3 is 0 Å². The highest BCUT2D eigenvalue weighted by molar-refractivity contribution is 6.30. The van der Waals surface area contributed by atoms with Crippen molar-refractivity contribution in [2.45, 2.75) is 26.2 Å². The number of azide groups is 1. The molecule has 0 heterocycles. The lowest BCUT2D eigenvalue weighted by atomic mass is 9.83. The van der Waals surface area contributed by atoms with E-state index >= 15 is 0 Å². The van der Waals surface area contributed by atoms with Crippen LogP contribution in [0.25, 0.3) is 10.4 Å². The van der Waals surface area contributed by atoms with Crippen LogP contribution in [0.5, 0.6) is 11.5 Å². The molecule has 3 aromatic carbocycles. The molecule has 0 spiro atoms. The predicted molar refractivity (Wildman–Crippen MR) is 114 cm³/mol. The average Bonchev–Trinajstić information content (AvgIpc) is 2.73. The fourth-order valence-electron chi connectivity index (χ4n) is 3.54. The number of ether oxygens (including phenoxy) is 1. The maximum atomic E-state index is 13.2. The van der Waals surface area contributed by atoms with Gasteiger partial charge in [-0.15, -0.1) is 0 Å². The highest BCUT2D eigenvalue weighted by Crippen LogP contribution is 2.40. The third kappa shape index (κ3) is 3.23. The molecular weight excluding hydrogens is 378 g/mol. The van der Waals surface area contributed by atoms with E-state index in [1.165, 1.54) is 6.07 Å². The number of rotatable bonds is 3. The highest BCUT2D eigenvalue weighted by atomic mass is 16.5. The fourth-order valence-corrected chi connectivity index (χ4v) is 3.54. The molecule has 0 unspecified atom stereocenters. The largest absolute Gasteiger partial charge is 0.457 e. The van der Waals surface area contributed by atoms with Crippen molar-refractivity contribution in [1.29, 1.82) is 0 Å². The Balaban J connectivity index is 1.84. The number of nitrogens with zero attached hydrogens (tertiary/aromatic N) is 3. The quantitative estimate of drug-likeness (QED) is 0.224. The number of fused-ring (bicyclic) bond motifs is 2. The van der Waals surface area contributed by atoms with E-state index in [4.69, 9.17) is 10.3 Å². The minimum Gasteiger partial charge on any atom is -0.457 e. The summed E-state index contributed by atoms with van der Waals surface area (Å²) in [5.74, 6) is 0.0896. The molecule has 0 saturated heterocycles. The molecule has 30 heavy (non-hydrogen) atoms. The minimum atomic E-state index is -0.365. The zero-order valence-corrected chi connectivity index (χ0v) is 16.8. The van der Waals surface area contributed by atoms with Gasteiger partial charge in [-0.05, 0) is 40.8 Å². The molecule has 0 fully saturated rings. The molecular formula is C24H19N3O3. The number of ketones is 2. The Hall–Kier alpha value is -3.89. The molecule has 0 radical (unpaired) electrons. The molecule has 0 bridgehead atoms. The normalized spacial score (nSPS) is 12.6. The van der Waals surface area contributed by atoms with Crippen LogP contribution in [0, 0.1) is 0 Å². The number of carbonyl (C=O) groups is 2. The lowest BCUT2D eigenvalue weighted by molar-refractivity contribution is 0.0977. The number of carbonyl (C=O) groups excluding carboxylic acids is 2. The summed E-state index contributed by atoms with van der Waals surface area (Å²) in [5.41, 5.74) is 10.9. The monoisotopic (exact) mass is 397 g/mol. The number of benzene rings is 3. The average molecular weight is 397 g/mol. The van der Waals surface area contributed by atoms with Gasteiger partial charge < -0.3 is 4.74 Å². The van der Waals surface area contributed by atoms with Crippen LogP contribution in [0.4, 0.5) is 5.69 Å². The smallest absolute Gasteiger partial charge is 0.198 e. The zero-order chi connectivity index (χ0) is 21.5. The van der Waals surface area contributed by atoms with Crippen LogP contribution in [0.3, 0.4) is 0 Å². The molecule has 6 nitrogen and oxygen atoms in total. The van der Waals surface area contributed by atoms with Gasteiger partial charge in [-0.25, -0.2) is 0 Å². The first-order valence-electron chi connectivity index (χ1n) is 9.50. The maximum absolute atomic E-state index is 13.2. The van der Waals surface area contributed by atoms with Crippen molar-refractivity contribution in [2.75, 3.05) is 0 Å². The Morgan fingerprint density at radius 3 is 2.00 bits per heavy atom. The summed E-state index contributed by atoms with van der Waals surface area (Å²) < 4.78 is 6.00. The molecule has 3 aromatic rings. The van der Waals surface area contributed by atoms with Crippen LogP contribution in [0.1, 0.15) is 58.2 Å². The van der Waals surface area contributed by atoms with Crippen molar-refractivity contribution in [3.8, 4) is 11.5 Å². The highest BCUT2D eigenvalue weighted by Gasteiger charge is 2.34. The SMILES string of the molecule is CC(C)(C)c1ccc(Oc2ccc(N=[N+]=[N-])c3c2C(=O)c2ccccc2C3=O)cc1. The van der Waals surface area contributed by atoms with Gasteiger partial charge in [0.2, 0.25) is 0 Å². The molecule has 0 N–H and O–H groups in total.